The number of rotatable bonds is 4. The Balaban J connectivity index is 3.25. The lowest BCUT2D eigenvalue weighted by atomic mass is 9.98. The summed E-state index contributed by atoms with van der Waals surface area (Å²) < 4.78 is 1.24. The summed E-state index contributed by atoms with van der Waals surface area (Å²) in [7, 11) is 0. The molecule has 0 saturated carbocycles. The van der Waals surface area contributed by atoms with Crippen LogP contribution in [0.2, 0.25) is 0 Å². The molecule has 5 nitrogen and oxygen atoms in total. The minimum absolute atomic E-state index is 0.200. The van der Waals surface area contributed by atoms with E-state index >= 15 is 0 Å². The first kappa shape index (κ1) is 13.5. The van der Waals surface area contributed by atoms with Gasteiger partial charge in [0.05, 0.1) is 5.56 Å². The SMILES string of the molecule is CCc1c(O)n(CC(C)C(C)C)c(=O)[nH]c1=O. The van der Waals surface area contributed by atoms with E-state index in [1.54, 1.807) is 6.92 Å². The van der Waals surface area contributed by atoms with E-state index in [1.807, 2.05) is 6.92 Å². The zero-order valence-corrected chi connectivity index (χ0v) is 10.8. The number of aromatic amines is 1. The molecule has 1 rings (SSSR count). The van der Waals surface area contributed by atoms with Crippen molar-refractivity contribution in [3.05, 3.63) is 26.4 Å². The molecule has 1 unspecified atom stereocenters. The second-order valence-corrected chi connectivity index (χ2v) is 4.75. The molecule has 96 valence electrons. The van der Waals surface area contributed by atoms with Crippen LogP contribution in [0.5, 0.6) is 5.88 Å². The zero-order chi connectivity index (χ0) is 13.2. The van der Waals surface area contributed by atoms with Gasteiger partial charge in [-0.2, -0.15) is 0 Å². The second kappa shape index (κ2) is 5.21. The van der Waals surface area contributed by atoms with Gasteiger partial charge in [-0.1, -0.05) is 27.7 Å². The van der Waals surface area contributed by atoms with Crippen molar-refractivity contribution in [1.29, 1.82) is 0 Å². The number of hydrogen-bond acceptors (Lipinski definition) is 3. The van der Waals surface area contributed by atoms with Crippen molar-refractivity contribution in [2.75, 3.05) is 0 Å². The molecule has 17 heavy (non-hydrogen) atoms. The minimum Gasteiger partial charge on any atom is -0.494 e. The van der Waals surface area contributed by atoms with Crippen molar-refractivity contribution in [3.8, 4) is 5.88 Å². The summed E-state index contributed by atoms with van der Waals surface area (Å²) in [5.74, 6) is 0.446. The van der Waals surface area contributed by atoms with E-state index in [2.05, 4.69) is 18.8 Å². The topological polar surface area (TPSA) is 75.1 Å². The Labute approximate surface area is 100 Å². The molecule has 1 heterocycles. The monoisotopic (exact) mass is 240 g/mol. The van der Waals surface area contributed by atoms with E-state index < -0.39 is 11.2 Å². The summed E-state index contributed by atoms with van der Waals surface area (Å²) in [5, 5.41) is 9.92. The Morgan fingerprint density at radius 2 is 1.88 bits per heavy atom. The van der Waals surface area contributed by atoms with Crippen LogP contribution in [-0.4, -0.2) is 14.7 Å². The highest BCUT2D eigenvalue weighted by atomic mass is 16.3. The maximum absolute atomic E-state index is 11.6. The van der Waals surface area contributed by atoms with E-state index in [0.29, 0.717) is 18.9 Å². The predicted octanol–water partition coefficient (Wildman–Crippen LogP) is 1.10. The van der Waals surface area contributed by atoms with Crippen LogP contribution in [-0.2, 0) is 13.0 Å². The van der Waals surface area contributed by atoms with Crippen LogP contribution in [0.1, 0.15) is 33.3 Å². The standard InChI is InChI=1S/C12H20N2O3/c1-5-9-10(15)13-12(17)14(11(9)16)6-8(4)7(2)3/h7-8,16H,5-6H2,1-4H3,(H,13,15,17). The van der Waals surface area contributed by atoms with Crippen molar-refractivity contribution in [2.24, 2.45) is 11.8 Å². The van der Waals surface area contributed by atoms with Gasteiger partial charge >= 0.3 is 5.69 Å². The normalized spacial score (nSPS) is 13.0. The molecule has 0 aromatic carbocycles. The van der Waals surface area contributed by atoms with Crippen molar-refractivity contribution in [2.45, 2.75) is 40.7 Å². The highest BCUT2D eigenvalue weighted by Crippen LogP contribution is 2.16. The summed E-state index contributed by atoms with van der Waals surface area (Å²) in [6, 6.07) is 0. The van der Waals surface area contributed by atoms with Gasteiger partial charge in [-0.25, -0.2) is 4.79 Å². The van der Waals surface area contributed by atoms with Crippen LogP contribution in [0.3, 0.4) is 0 Å². The third-order valence-electron chi connectivity index (χ3n) is 3.23. The number of aromatic nitrogens is 2. The third kappa shape index (κ3) is 2.78. The maximum atomic E-state index is 11.6. The molecule has 0 aliphatic rings. The highest BCUT2D eigenvalue weighted by molar-refractivity contribution is 5.22. The number of nitrogens with zero attached hydrogens (tertiary/aromatic N) is 1. The van der Waals surface area contributed by atoms with Gasteiger partial charge < -0.3 is 5.11 Å². The smallest absolute Gasteiger partial charge is 0.331 e. The van der Waals surface area contributed by atoms with E-state index in [4.69, 9.17) is 0 Å². The van der Waals surface area contributed by atoms with Crippen LogP contribution in [0.25, 0.3) is 0 Å². The first-order chi connectivity index (χ1) is 7.88. The molecule has 0 amide bonds. The molecule has 0 spiro atoms. The van der Waals surface area contributed by atoms with Gasteiger partial charge in [-0.15, -0.1) is 0 Å². The Morgan fingerprint density at radius 1 is 1.29 bits per heavy atom. The molecule has 0 radical (unpaired) electrons. The molecule has 1 aromatic heterocycles. The largest absolute Gasteiger partial charge is 0.494 e. The fraction of sp³-hybridized carbons (Fsp3) is 0.667. The molecule has 0 aliphatic heterocycles. The first-order valence-electron chi connectivity index (χ1n) is 5.93. The van der Waals surface area contributed by atoms with Crippen LogP contribution in [0.4, 0.5) is 0 Å². The number of hydrogen-bond donors (Lipinski definition) is 2. The molecule has 1 atom stereocenters. The Kier molecular flexibility index (Phi) is 4.15. The lowest BCUT2D eigenvalue weighted by molar-refractivity contribution is 0.318. The van der Waals surface area contributed by atoms with E-state index in [1.165, 1.54) is 4.57 Å². The van der Waals surface area contributed by atoms with Crippen LogP contribution >= 0.6 is 0 Å². The molecule has 0 aliphatic carbocycles. The Hall–Kier alpha value is -1.52. The number of nitrogens with one attached hydrogen (secondary N) is 1. The average molecular weight is 240 g/mol. The van der Waals surface area contributed by atoms with E-state index in [9.17, 15) is 14.7 Å². The molecule has 1 aromatic rings. The van der Waals surface area contributed by atoms with E-state index in [0.717, 1.165) is 0 Å². The van der Waals surface area contributed by atoms with Gasteiger partial charge in [0.25, 0.3) is 5.56 Å². The molecule has 5 heteroatoms. The van der Waals surface area contributed by atoms with Gasteiger partial charge in [-0.05, 0) is 18.3 Å². The first-order valence-corrected chi connectivity index (χ1v) is 5.93. The molecular formula is C12H20N2O3. The predicted molar refractivity (Wildman–Crippen MR) is 66.4 cm³/mol. The molecular weight excluding hydrogens is 220 g/mol. The van der Waals surface area contributed by atoms with Crippen LogP contribution < -0.4 is 11.2 Å². The third-order valence-corrected chi connectivity index (χ3v) is 3.23. The van der Waals surface area contributed by atoms with Crippen LogP contribution in [0, 0.1) is 11.8 Å². The fourth-order valence-electron chi connectivity index (χ4n) is 1.59. The average Bonchev–Trinajstić information content (AvgIpc) is 2.24. The lowest BCUT2D eigenvalue weighted by Crippen LogP contribution is -2.34. The summed E-state index contributed by atoms with van der Waals surface area (Å²) in [5.41, 5.74) is -0.777. The van der Waals surface area contributed by atoms with Gasteiger partial charge in [0, 0.05) is 6.54 Å². The summed E-state index contributed by atoms with van der Waals surface area (Å²) in [6.45, 7) is 8.29. The fourth-order valence-corrected chi connectivity index (χ4v) is 1.59. The molecule has 0 fully saturated rings. The van der Waals surface area contributed by atoms with Crippen LogP contribution in [0.15, 0.2) is 9.59 Å². The molecule has 0 saturated heterocycles. The summed E-state index contributed by atoms with van der Waals surface area (Å²) >= 11 is 0. The molecule has 2 N–H and O–H groups in total. The number of H-pyrrole nitrogens is 1. The quantitative estimate of drug-likeness (QED) is 0.827. The minimum atomic E-state index is -0.544. The van der Waals surface area contributed by atoms with E-state index in [-0.39, 0.29) is 17.4 Å². The number of aromatic hydroxyl groups is 1. The summed E-state index contributed by atoms with van der Waals surface area (Å²) in [6.07, 6.45) is 0.400. The van der Waals surface area contributed by atoms with Crippen molar-refractivity contribution in [3.63, 3.8) is 0 Å². The van der Waals surface area contributed by atoms with Gasteiger partial charge in [-0.3, -0.25) is 14.3 Å². The maximum Gasteiger partial charge on any atom is 0.331 e. The second-order valence-electron chi connectivity index (χ2n) is 4.75. The Bertz CT molecular complexity index is 499. The zero-order valence-electron chi connectivity index (χ0n) is 10.8. The lowest BCUT2D eigenvalue weighted by Gasteiger charge is -2.18. The van der Waals surface area contributed by atoms with Gasteiger partial charge in [0.15, 0.2) is 0 Å². The molecule has 0 bridgehead atoms. The van der Waals surface area contributed by atoms with Crippen molar-refractivity contribution < 1.29 is 5.11 Å². The van der Waals surface area contributed by atoms with Gasteiger partial charge in [0.1, 0.15) is 0 Å². The highest BCUT2D eigenvalue weighted by Gasteiger charge is 2.16. The Morgan fingerprint density at radius 3 is 2.35 bits per heavy atom. The van der Waals surface area contributed by atoms with Crippen molar-refractivity contribution >= 4 is 0 Å². The summed E-state index contributed by atoms with van der Waals surface area (Å²) in [4.78, 5) is 25.3. The van der Waals surface area contributed by atoms with Gasteiger partial charge in [0.2, 0.25) is 5.88 Å². The van der Waals surface area contributed by atoms with Crippen molar-refractivity contribution in [1.82, 2.24) is 9.55 Å².